The van der Waals surface area contributed by atoms with Crippen LogP contribution in [-0.2, 0) is 22.4 Å². The molecule has 0 radical (unpaired) electrons. The van der Waals surface area contributed by atoms with E-state index < -0.39 is 6.29 Å². The predicted octanol–water partition coefficient (Wildman–Crippen LogP) is 5.62. The van der Waals surface area contributed by atoms with E-state index in [1.165, 1.54) is 28.5 Å². The number of hydrogen-bond donors (Lipinski definition) is 1. The molecular weight excluding hydrogens is 502 g/mol. The van der Waals surface area contributed by atoms with Gasteiger partial charge in [0.25, 0.3) is 6.29 Å². The van der Waals surface area contributed by atoms with Crippen molar-refractivity contribution >= 4 is 33.5 Å². The van der Waals surface area contributed by atoms with Crippen molar-refractivity contribution in [3.05, 3.63) is 86.9 Å². The van der Waals surface area contributed by atoms with Crippen LogP contribution in [0.25, 0.3) is 11.5 Å². The minimum absolute atomic E-state index is 0.357. The van der Waals surface area contributed by atoms with Gasteiger partial charge in [-0.3, -0.25) is 0 Å². The maximum absolute atomic E-state index is 6.10. The lowest BCUT2D eigenvalue weighted by molar-refractivity contribution is -0.0278. The van der Waals surface area contributed by atoms with Gasteiger partial charge in [-0.1, -0.05) is 57.9 Å². The van der Waals surface area contributed by atoms with Crippen molar-refractivity contribution in [1.29, 1.82) is 0 Å². The van der Waals surface area contributed by atoms with Gasteiger partial charge in [0.1, 0.15) is 6.26 Å². The lowest BCUT2D eigenvalue weighted by Crippen LogP contribution is -2.10. The summed E-state index contributed by atoms with van der Waals surface area (Å²) in [6.07, 6.45) is 3.67. The van der Waals surface area contributed by atoms with Crippen molar-refractivity contribution in [1.82, 2.24) is 19.5 Å². The Morgan fingerprint density at radius 1 is 1.15 bits per heavy atom. The SMILES string of the molecule is Cc1ccc(C)c(CCn2cnc(N)c3nc(SC4=COC(c5ccccc5Br)O4)nc2-3)c1. The van der Waals surface area contributed by atoms with E-state index in [-0.39, 0.29) is 0 Å². The number of thioether (sulfide) groups is 1. The van der Waals surface area contributed by atoms with Crippen LogP contribution in [0.1, 0.15) is 28.5 Å². The van der Waals surface area contributed by atoms with Gasteiger partial charge >= 0.3 is 0 Å². The number of hydrogen-bond acceptors (Lipinski definition) is 7. The van der Waals surface area contributed by atoms with Crippen molar-refractivity contribution in [3.8, 4) is 11.5 Å². The third-order valence-electron chi connectivity index (χ3n) is 5.46. The number of nitrogen functional groups attached to an aromatic ring is 1. The summed E-state index contributed by atoms with van der Waals surface area (Å²) >= 11 is 4.83. The smallest absolute Gasteiger partial charge is 0.268 e. The van der Waals surface area contributed by atoms with Crippen molar-refractivity contribution < 1.29 is 9.47 Å². The summed E-state index contributed by atoms with van der Waals surface area (Å²) in [5.41, 5.74) is 11.4. The molecular formula is C24H22BrN5O2S. The van der Waals surface area contributed by atoms with E-state index in [2.05, 4.69) is 57.9 Å². The Balaban J connectivity index is 1.33. The normalized spacial score (nSPS) is 15.4. The fourth-order valence-electron chi connectivity index (χ4n) is 3.67. The Hall–Kier alpha value is -3.04. The van der Waals surface area contributed by atoms with Crippen LogP contribution in [0.3, 0.4) is 0 Å². The van der Waals surface area contributed by atoms with Crippen LogP contribution in [-0.4, -0.2) is 19.5 Å². The number of ether oxygens (including phenoxy) is 2. The summed E-state index contributed by atoms with van der Waals surface area (Å²) in [5, 5.41) is 1.12. The molecule has 0 saturated carbocycles. The second-order valence-electron chi connectivity index (χ2n) is 7.83. The molecule has 1 atom stereocenters. The highest BCUT2D eigenvalue weighted by atomic mass is 79.9. The third kappa shape index (κ3) is 4.56. The quantitative estimate of drug-likeness (QED) is 0.350. The van der Waals surface area contributed by atoms with Crippen LogP contribution in [0.5, 0.6) is 0 Å². The van der Waals surface area contributed by atoms with Crippen molar-refractivity contribution in [3.63, 3.8) is 0 Å². The molecule has 0 amide bonds. The Morgan fingerprint density at radius 2 is 2.00 bits per heavy atom. The lowest BCUT2D eigenvalue weighted by atomic mass is 10.0. The fraction of sp³-hybridized carbons (Fsp3) is 0.208. The minimum atomic E-state index is -0.512. The summed E-state index contributed by atoms with van der Waals surface area (Å²) < 4.78 is 14.6. The first-order valence-corrected chi connectivity index (χ1v) is 12.1. The molecule has 3 aliphatic rings. The van der Waals surface area contributed by atoms with E-state index in [1.807, 2.05) is 28.8 Å². The Bertz CT molecular complexity index is 1320. The fourth-order valence-corrected chi connectivity index (χ4v) is 4.83. The molecule has 0 spiro atoms. The number of nitrogens with zero attached hydrogens (tertiary/aromatic N) is 4. The highest BCUT2D eigenvalue weighted by molar-refractivity contribution is 9.10. The van der Waals surface area contributed by atoms with Crippen LogP contribution < -0.4 is 5.73 Å². The first-order chi connectivity index (χ1) is 16.0. The molecule has 2 aromatic carbocycles. The van der Waals surface area contributed by atoms with Gasteiger partial charge in [0.15, 0.2) is 22.5 Å². The van der Waals surface area contributed by atoms with Crippen molar-refractivity contribution in [2.24, 2.45) is 0 Å². The van der Waals surface area contributed by atoms with Crippen LogP contribution >= 0.6 is 27.7 Å². The van der Waals surface area contributed by atoms with E-state index in [9.17, 15) is 0 Å². The van der Waals surface area contributed by atoms with Gasteiger partial charge in [-0.05, 0) is 49.2 Å². The Labute approximate surface area is 204 Å². The van der Waals surface area contributed by atoms with Gasteiger partial charge in [-0.15, -0.1) is 0 Å². The number of anilines is 1. The molecule has 7 nitrogen and oxygen atoms in total. The van der Waals surface area contributed by atoms with Gasteiger partial charge < -0.3 is 19.8 Å². The standard InChI is InChI=1S/C24H22BrN5O2S/c1-14-7-8-15(2)16(11-14)9-10-30-13-27-21(26)20-22(30)29-24(28-20)33-19-12-31-23(32-19)17-5-3-4-6-18(17)25/h3-8,11-13,23H,9-10,26H2,1-2H3. The zero-order chi connectivity index (χ0) is 22.9. The van der Waals surface area contributed by atoms with Gasteiger partial charge in [-0.2, -0.15) is 0 Å². The summed E-state index contributed by atoms with van der Waals surface area (Å²) in [5.74, 6) is 1.06. The Kier molecular flexibility index (Phi) is 5.99. The van der Waals surface area contributed by atoms with Crippen LogP contribution in [0.4, 0.5) is 5.82 Å². The zero-order valence-corrected chi connectivity index (χ0v) is 20.6. The van der Waals surface area contributed by atoms with Gasteiger partial charge in [-0.25, -0.2) is 15.0 Å². The highest BCUT2D eigenvalue weighted by Crippen LogP contribution is 2.40. The first-order valence-electron chi connectivity index (χ1n) is 10.5. The molecule has 1 unspecified atom stereocenters. The van der Waals surface area contributed by atoms with E-state index in [0.717, 1.165) is 23.0 Å². The monoisotopic (exact) mass is 523 g/mol. The van der Waals surface area contributed by atoms with Crippen molar-refractivity contribution in [2.45, 2.75) is 38.3 Å². The van der Waals surface area contributed by atoms with E-state index in [4.69, 9.17) is 20.2 Å². The maximum atomic E-state index is 6.10. The molecule has 2 aromatic rings. The maximum Gasteiger partial charge on any atom is 0.268 e. The molecule has 168 valence electrons. The van der Waals surface area contributed by atoms with Gasteiger partial charge in [0.05, 0.1) is 6.33 Å². The number of aryl methyl sites for hydroxylation is 4. The largest absolute Gasteiger partial charge is 0.454 e. The molecule has 0 fully saturated rings. The predicted molar refractivity (Wildman–Crippen MR) is 131 cm³/mol. The molecule has 33 heavy (non-hydrogen) atoms. The number of aromatic nitrogens is 4. The average Bonchev–Trinajstić information content (AvgIpc) is 3.44. The summed E-state index contributed by atoms with van der Waals surface area (Å²) in [7, 11) is 0. The molecule has 3 heterocycles. The third-order valence-corrected chi connectivity index (χ3v) is 6.94. The number of halogens is 1. The van der Waals surface area contributed by atoms with Crippen molar-refractivity contribution in [2.75, 3.05) is 5.73 Å². The lowest BCUT2D eigenvalue weighted by Gasteiger charge is -2.13. The molecule has 0 bridgehead atoms. The van der Waals surface area contributed by atoms with E-state index in [1.54, 1.807) is 12.6 Å². The number of nitrogens with two attached hydrogens (primary N) is 1. The molecule has 0 aromatic heterocycles. The zero-order valence-electron chi connectivity index (χ0n) is 18.2. The number of rotatable bonds is 6. The summed E-state index contributed by atoms with van der Waals surface area (Å²) in [6, 6.07) is 14.3. The van der Waals surface area contributed by atoms with Crippen LogP contribution in [0, 0.1) is 13.8 Å². The Morgan fingerprint density at radius 3 is 2.85 bits per heavy atom. The van der Waals surface area contributed by atoms with Crippen LogP contribution in [0.2, 0.25) is 0 Å². The van der Waals surface area contributed by atoms with E-state index in [0.29, 0.717) is 27.6 Å². The van der Waals surface area contributed by atoms with Crippen LogP contribution in [0.15, 0.2) is 69.8 Å². The summed E-state index contributed by atoms with van der Waals surface area (Å²) in [4.78, 5) is 13.6. The number of imidazole rings is 1. The molecule has 5 rings (SSSR count). The number of fused-ring (bicyclic) bond motifs is 1. The first kappa shape index (κ1) is 21.8. The molecule has 2 N–H and O–H groups in total. The number of benzene rings is 2. The topological polar surface area (TPSA) is 88.1 Å². The molecule has 0 saturated heterocycles. The highest BCUT2D eigenvalue weighted by Gasteiger charge is 2.26. The van der Waals surface area contributed by atoms with E-state index >= 15 is 0 Å². The molecule has 9 heteroatoms. The second kappa shape index (κ2) is 9.07. The summed E-state index contributed by atoms with van der Waals surface area (Å²) in [6.45, 7) is 4.96. The van der Waals surface area contributed by atoms with Gasteiger partial charge in [0, 0.05) is 16.6 Å². The second-order valence-corrected chi connectivity index (χ2v) is 9.65. The average molecular weight is 524 g/mol. The minimum Gasteiger partial charge on any atom is -0.454 e. The molecule has 3 aliphatic heterocycles. The van der Waals surface area contributed by atoms with Gasteiger partial charge in [0.2, 0.25) is 5.09 Å². The molecule has 0 aliphatic carbocycles.